The van der Waals surface area contributed by atoms with Crippen LogP contribution >= 0.6 is 27.3 Å². The van der Waals surface area contributed by atoms with E-state index < -0.39 is 11.1 Å². The minimum absolute atomic E-state index is 0.0821. The molecule has 0 fully saturated rings. The topological polar surface area (TPSA) is 32.3 Å². The molecule has 0 bridgehead atoms. The van der Waals surface area contributed by atoms with Crippen molar-refractivity contribution in [1.82, 2.24) is 5.32 Å². The molecule has 92 valence electrons. The Bertz CT molecular complexity index is 349. The molecule has 0 saturated carbocycles. The van der Waals surface area contributed by atoms with E-state index in [4.69, 9.17) is 5.11 Å². The molecule has 0 spiro atoms. The maximum atomic E-state index is 12.5. The summed E-state index contributed by atoms with van der Waals surface area (Å²) in [5.74, 6) is 0. The third-order valence-electron chi connectivity index (χ3n) is 2.15. The van der Waals surface area contributed by atoms with Gasteiger partial charge in [0.25, 0.3) is 0 Å². The van der Waals surface area contributed by atoms with Gasteiger partial charge in [0.1, 0.15) is 4.88 Å². The third kappa shape index (κ3) is 3.19. The molecule has 0 amide bonds. The van der Waals surface area contributed by atoms with E-state index in [9.17, 15) is 13.2 Å². The van der Waals surface area contributed by atoms with E-state index in [1.54, 1.807) is 7.05 Å². The van der Waals surface area contributed by atoms with Crippen LogP contribution in [0.2, 0.25) is 0 Å². The van der Waals surface area contributed by atoms with Crippen molar-refractivity contribution in [2.45, 2.75) is 18.6 Å². The van der Waals surface area contributed by atoms with Crippen molar-refractivity contribution in [1.29, 1.82) is 0 Å². The first-order chi connectivity index (χ1) is 7.40. The van der Waals surface area contributed by atoms with Crippen molar-refractivity contribution < 1.29 is 18.3 Å². The second-order valence-electron chi connectivity index (χ2n) is 3.27. The quantitative estimate of drug-likeness (QED) is 0.895. The number of aliphatic hydroxyl groups excluding tert-OH is 1. The summed E-state index contributed by atoms with van der Waals surface area (Å²) < 4.78 is 37.5. The lowest BCUT2D eigenvalue weighted by atomic mass is 10.1. The average Bonchev–Trinajstić information content (AvgIpc) is 2.56. The number of hydrogen-bond acceptors (Lipinski definition) is 3. The van der Waals surface area contributed by atoms with Crippen molar-refractivity contribution in [3.05, 3.63) is 20.3 Å². The normalized spacial score (nSPS) is 14.1. The summed E-state index contributed by atoms with van der Waals surface area (Å²) in [5.41, 5.74) is 0.561. The molecule has 2 N–H and O–H groups in total. The van der Waals surface area contributed by atoms with Gasteiger partial charge in [0.2, 0.25) is 0 Å². The lowest BCUT2D eigenvalue weighted by molar-refractivity contribution is -0.134. The van der Waals surface area contributed by atoms with Gasteiger partial charge < -0.3 is 10.4 Å². The fourth-order valence-electron chi connectivity index (χ4n) is 1.23. The van der Waals surface area contributed by atoms with E-state index in [1.807, 2.05) is 0 Å². The summed E-state index contributed by atoms with van der Waals surface area (Å²) in [7, 11) is 1.66. The first-order valence-electron chi connectivity index (χ1n) is 4.51. The Morgan fingerprint density at radius 3 is 2.56 bits per heavy atom. The molecule has 0 saturated heterocycles. The number of halogens is 4. The predicted molar refractivity (Wildman–Crippen MR) is 60.7 cm³/mol. The number of likely N-dealkylation sites (N-methyl/N-ethyl adjacent to an activating group) is 1. The van der Waals surface area contributed by atoms with Crippen LogP contribution in [0.3, 0.4) is 0 Å². The summed E-state index contributed by atoms with van der Waals surface area (Å²) in [6.07, 6.45) is -3.96. The highest BCUT2D eigenvalue weighted by molar-refractivity contribution is 9.10. The monoisotopic (exact) mass is 317 g/mol. The van der Waals surface area contributed by atoms with Crippen molar-refractivity contribution in [3.63, 3.8) is 0 Å². The first-order valence-corrected chi connectivity index (χ1v) is 6.18. The van der Waals surface area contributed by atoms with E-state index in [0.29, 0.717) is 23.3 Å². The van der Waals surface area contributed by atoms with Crippen molar-refractivity contribution in [2.24, 2.45) is 0 Å². The number of nitrogens with one attached hydrogen (secondary N) is 1. The molecule has 0 aliphatic heterocycles. The molecule has 1 aromatic heterocycles. The molecule has 1 heterocycles. The van der Waals surface area contributed by atoms with Crippen molar-refractivity contribution in [3.8, 4) is 0 Å². The van der Waals surface area contributed by atoms with Gasteiger partial charge in [-0.05, 0) is 40.3 Å². The Morgan fingerprint density at radius 2 is 2.19 bits per heavy atom. The minimum atomic E-state index is -4.32. The Morgan fingerprint density at radius 1 is 1.56 bits per heavy atom. The van der Waals surface area contributed by atoms with Gasteiger partial charge in [-0.1, -0.05) is 0 Å². The summed E-state index contributed by atoms with van der Waals surface area (Å²) in [6.45, 7) is -0.111. The second kappa shape index (κ2) is 5.48. The van der Waals surface area contributed by atoms with Crippen LogP contribution in [-0.4, -0.2) is 24.8 Å². The van der Waals surface area contributed by atoms with Crippen LogP contribution in [0.4, 0.5) is 13.2 Å². The summed E-state index contributed by atoms with van der Waals surface area (Å²) in [4.78, 5) is -0.629. The van der Waals surface area contributed by atoms with E-state index in [-0.39, 0.29) is 17.1 Å². The molecule has 0 aromatic carbocycles. The highest BCUT2D eigenvalue weighted by atomic mass is 79.9. The Hall–Kier alpha value is -0.110. The second-order valence-corrected chi connectivity index (χ2v) is 4.95. The predicted octanol–water partition coefficient (Wildman–Crippen LogP) is 2.65. The van der Waals surface area contributed by atoms with Gasteiger partial charge in [0.15, 0.2) is 0 Å². The Kier molecular flexibility index (Phi) is 4.78. The lowest BCUT2D eigenvalue weighted by Crippen LogP contribution is -2.31. The van der Waals surface area contributed by atoms with E-state index in [0.717, 1.165) is 0 Å². The van der Waals surface area contributed by atoms with Gasteiger partial charge >= 0.3 is 6.18 Å². The van der Waals surface area contributed by atoms with Gasteiger partial charge in [0, 0.05) is 10.5 Å². The molecule has 1 atom stereocenters. The van der Waals surface area contributed by atoms with Crippen LogP contribution in [0.5, 0.6) is 0 Å². The third-order valence-corrected chi connectivity index (χ3v) is 4.39. The maximum absolute atomic E-state index is 12.5. The van der Waals surface area contributed by atoms with Crippen LogP contribution in [0.1, 0.15) is 10.4 Å². The molecule has 0 aliphatic rings. The van der Waals surface area contributed by atoms with E-state index in [2.05, 4.69) is 21.2 Å². The van der Waals surface area contributed by atoms with Gasteiger partial charge in [-0.2, -0.15) is 13.2 Å². The largest absolute Gasteiger partial charge is 0.426 e. The SMILES string of the molecule is CNC(CO)Cc1csc(C(F)(F)F)c1Br. The van der Waals surface area contributed by atoms with Crippen molar-refractivity contribution in [2.75, 3.05) is 13.7 Å². The van der Waals surface area contributed by atoms with Crippen LogP contribution < -0.4 is 5.32 Å². The number of rotatable bonds is 4. The summed E-state index contributed by atoms with van der Waals surface area (Å²) in [5, 5.41) is 13.2. The van der Waals surface area contributed by atoms with Crippen LogP contribution in [0.15, 0.2) is 9.85 Å². The Labute approximate surface area is 104 Å². The van der Waals surface area contributed by atoms with Gasteiger partial charge in [-0.25, -0.2) is 0 Å². The molecule has 1 rings (SSSR count). The van der Waals surface area contributed by atoms with Crippen molar-refractivity contribution >= 4 is 27.3 Å². The standard InChI is InChI=1S/C9H11BrF3NOS/c1-14-6(3-15)2-5-4-16-8(7(5)10)9(11,12)13/h4,6,14-15H,2-3H2,1H3. The van der Waals surface area contributed by atoms with Gasteiger partial charge in [0.05, 0.1) is 6.61 Å². The average molecular weight is 318 g/mol. The van der Waals surface area contributed by atoms with Crippen LogP contribution in [0.25, 0.3) is 0 Å². The zero-order chi connectivity index (χ0) is 12.3. The maximum Gasteiger partial charge on any atom is 0.426 e. The minimum Gasteiger partial charge on any atom is -0.395 e. The van der Waals surface area contributed by atoms with Gasteiger partial charge in [-0.15, -0.1) is 11.3 Å². The summed E-state index contributed by atoms with van der Waals surface area (Å²) >= 11 is 3.62. The molecule has 1 unspecified atom stereocenters. The molecular formula is C9H11BrF3NOS. The zero-order valence-electron chi connectivity index (χ0n) is 8.44. The Balaban J connectivity index is 2.88. The van der Waals surface area contributed by atoms with Gasteiger partial charge in [-0.3, -0.25) is 0 Å². The first kappa shape index (κ1) is 14.0. The number of aliphatic hydroxyl groups is 1. The highest BCUT2D eigenvalue weighted by Crippen LogP contribution is 2.41. The molecule has 16 heavy (non-hydrogen) atoms. The number of alkyl halides is 3. The molecule has 7 heteroatoms. The van der Waals surface area contributed by atoms with E-state index in [1.165, 1.54) is 5.38 Å². The summed E-state index contributed by atoms with van der Waals surface area (Å²) in [6, 6.07) is -0.230. The fraction of sp³-hybridized carbons (Fsp3) is 0.556. The molecule has 0 radical (unpaired) electrons. The zero-order valence-corrected chi connectivity index (χ0v) is 10.8. The molecular weight excluding hydrogens is 307 g/mol. The molecule has 0 aliphatic carbocycles. The van der Waals surface area contributed by atoms with Crippen LogP contribution in [0, 0.1) is 0 Å². The molecule has 1 aromatic rings. The molecule has 2 nitrogen and oxygen atoms in total. The van der Waals surface area contributed by atoms with E-state index >= 15 is 0 Å². The highest BCUT2D eigenvalue weighted by Gasteiger charge is 2.35. The number of thiophene rings is 1. The lowest BCUT2D eigenvalue weighted by Gasteiger charge is -2.12. The number of hydrogen-bond donors (Lipinski definition) is 2. The smallest absolute Gasteiger partial charge is 0.395 e. The fourth-order valence-corrected chi connectivity index (χ4v) is 3.01. The van der Waals surface area contributed by atoms with Crippen LogP contribution in [-0.2, 0) is 12.6 Å².